The molecule has 4 heteroatoms. The van der Waals surface area contributed by atoms with Gasteiger partial charge in [0.05, 0.1) is 6.54 Å². The fraction of sp³-hybridized carbons (Fsp3) is 0.286. The maximum Gasteiger partial charge on any atom is 0.252 e. The predicted octanol–water partition coefficient (Wildman–Crippen LogP) is 0.726. The first kappa shape index (κ1) is 7.48. The maximum absolute atomic E-state index is 8.37. The smallest absolute Gasteiger partial charge is 0.248 e. The molecule has 0 aliphatic rings. The van der Waals surface area contributed by atoms with Crippen molar-refractivity contribution in [1.82, 2.24) is 14.8 Å². The minimum absolute atomic E-state index is 0.200. The molecule has 0 saturated carbocycles. The molecular formula is C7H8N4. The predicted molar refractivity (Wildman–Crippen MR) is 39.6 cm³/mol. The number of hydrogen-bond acceptors (Lipinski definition) is 3. The Morgan fingerprint density at radius 3 is 3.09 bits per heavy atom. The monoisotopic (exact) mass is 148 g/mol. The molecule has 1 aromatic heterocycles. The first-order chi connectivity index (χ1) is 5.22. The van der Waals surface area contributed by atoms with Crippen LogP contribution >= 0.6 is 0 Å². The van der Waals surface area contributed by atoms with E-state index in [0.717, 1.165) is 5.57 Å². The molecule has 1 rings (SSSR count). The van der Waals surface area contributed by atoms with Crippen LogP contribution in [-0.4, -0.2) is 14.8 Å². The Balaban J connectivity index is 2.75. The van der Waals surface area contributed by atoms with Crippen LogP contribution < -0.4 is 0 Å². The highest BCUT2D eigenvalue weighted by Crippen LogP contribution is 1.93. The van der Waals surface area contributed by atoms with Crippen LogP contribution in [0.2, 0.25) is 0 Å². The summed E-state index contributed by atoms with van der Waals surface area (Å²) in [6.45, 7) is 6.23. The molecule has 1 aromatic rings. The average Bonchev–Trinajstić information content (AvgIpc) is 2.34. The first-order valence-electron chi connectivity index (χ1n) is 3.16. The number of aromatic nitrogens is 3. The van der Waals surface area contributed by atoms with Gasteiger partial charge < -0.3 is 0 Å². The molecule has 0 unspecified atom stereocenters. The van der Waals surface area contributed by atoms with E-state index in [-0.39, 0.29) is 5.82 Å². The molecule has 0 aliphatic carbocycles. The Kier molecular flexibility index (Phi) is 2.02. The van der Waals surface area contributed by atoms with Crippen LogP contribution in [0.4, 0.5) is 0 Å². The summed E-state index contributed by atoms with van der Waals surface area (Å²) in [7, 11) is 0. The Bertz CT molecular complexity index is 304. The largest absolute Gasteiger partial charge is 0.252 e. The summed E-state index contributed by atoms with van der Waals surface area (Å²) in [4.78, 5) is 3.74. The standard InChI is InChI=1S/C7H8N4/c1-6(2)4-11-5-9-7(3-8)10-11/h5H,1,4H2,2H3. The highest BCUT2D eigenvalue weighted by molar-refractivity contribution is 5.05. The molecule has 11 heavy (non-hydrogen) atoms. The van der Waals surface area contributed by atoms with Crippen LogP contribution in [0.3, 0.4) is 0 Å². The van der Waals surface area contributed by atoms with Gasteiger partial charge in [-0.2, -0.15) is 5.26 Å². The van der Waals surface area contributed by atoms with Crippen molar-refractivity contribution in [3.05, 3.63) is 24.3 Å². The molecule has 4 nitrogen and oxygen atoms in total. The third-order valence-corrected chi connectivity index (χ3v) is 1.07. The van der Waals surface area contributed by atoms with E-state index >= 15 is 0 Å². The molecule has 56 valence electrons. The highest BCUT2D eigenvalue weighted by Gasteiger charge is 1.96. The lowest BCUT2D eigenvalue weighted by atomic mass is 10.4. The summed E-state index contributed by atoms with van der Waals surface area (Å²) in [6.07, 6.45) is 1.52. The summed E-state index contributed by atoms with van der Waals surface area (Å²) in [6, 6.07) is 1.85. The quantitative estimate of drug-likeness (QED) is 0.581. The van der Waals surface area contributed by atoms with Gasteiger partial charge in [0.25, 0.3) is 5.82 Å². The average molecular weight is 148 g/mol. The number of allylic oxidation sites excluding steroid dienone is 1. The Hall–Kier alpha value is -1.63. The third-order valence-electron chi connectivity index (χ3n) is 1.07. The second-order valence-electron chi connectivity index (χ2n) is 2.33. The van der Waals surface area contributed by atoms with Gasteiger partial charge in [-0.25, -0.2) is 9.67 Å². The summed E-state index contributed by atoms with van der Waals surface area (Å²) in [5, 5.41) is 12.2. The van der Waals surface area contributed by atoms with Gasteiger partial charge in [0, 0.05) is 0 Å². The topological polar surface area (TPSA) is 54.5 Å². The molecule has 0 aromatic carbocycles. The Labute approximate surface area is 64.8 Å². The van der Waals surface area contributed by atoms with E-state index in [0.29, 0.717) is 6.54 Å². The Morgan fingerprint density at radius 1 is 1.91 bits per heavy atom. The van der Waals surface area contributed by atoms with Crippen molar-refractivity contribution in [1.29, 1.82) is 5.26 Å². The van der Waals surface area contributed by atoms with E-state index in [1.54, 1.807) is 4.68 Å². The lowest BCUT2D eigenvalue weighted by molar-refractivity contribution is 0.674. The number of nitriles is 1. The van der Waals surface area contributed by atoms with Crippen molar-refractivity contribution in [2.45, 2.75) is 13.5 Å². The lowest BCUT2D eigenvalue weighted by Gasteiger charge is -1.95. The van der Waals surface area contributed by atoms with Gasteiger partial charge >= 0.3 is 0 Å². The fourth-order valence-corrected chi connectivity index (χ4v) is 0.699. The van der Waals surface area contributed by atoms with E-state index in [1.807, 2.05) is 13.0 Å². The number of nitrogens with zero attached hydrogens (tertiary/aromatic N) is 4. The molecule has 0 radical (unpaired) electrons. The lowest BCUT2D eigenvalue weighted by Crippen LogP contribution is -1.98. The minimum atomic E-state index is 0.200. The minimum Gasteiger partial charge on any atom is -0.248 e. The normalized spacial score (nSPS) is 9.09. The summed E-state index contributed by atoms with van der Waals surface area (Å²) < 4.78 is 1.58. The van der Waals surface area contributed by atoms with Gasteiger partial charge in [-0.15, -0.1) is 5.10 Å². The zero-order valence-corrected chi connectivity index (χ0v) is 6.28. The van der Waals surface area contributed by atoms with E-state index in [4.69, 9.17) is 5.26 Å². The maximum atomic E-state index is 8.37. The molecular weight excluding hydrogens is 140 g/mol. The van der Waals surface area contributed by atoms with Gasteiger partial charge in [-0.3, -0.25) is 0 Å². The summed E-state index contributed by atoms with van der Waals surface area (Å²) in [5.41, 5.74) is 0.986. The van der Waals surface area contributed by atoms with Gasteiger partial charge in [-0.05, 0) is 6.92 Å². The van der Waals surface area contributed by atoms with Crippen molar-refractivity contribution >= 4 is 0 Å². The van der Waals surface area contributed by atoms with E-state index in [9.17, 15) is 0 Å². The molecule has 0 N–H and O–H groups in total. The number of rotatable bonds is 2. The second kappa shape index (κ2) is 2.97. The van der Waals surface area contributed by atoms with Gasteiger partial charge in [0.15, 0.2) is 0 Å². The van der Waals surface area contributed by atoms with Crippen LogP contribution in [0.1, 0.15) is 12.7 Å². The van der Waals surface area contributed by atoms with Crippen molar-refractivity contribution in [3.63, 3.8) is 0 Å². The van der Waals surface area contributed by atoms with Gasteiger partial charge in [0.1, 0.15) is 12.4 Å². The van der Waals surface area contributed by atoms with Crippen molar-refractivity contribution in [2.75, 3.05) is 0 Å². The van der Waals surface area contributed by atoms with Gasteiger partial charge in [0.2, 0.25) is 0 Å². The molecule has 0 saturated heterocycles. The molecule has 0 fully saturated rings. The summed E-state index contributed by atoms with van der Waals surface area (Å²) >= 11 is 0. The molecule has 0 bridgehead atoms. The van der Waals surface area contributed by atoms with Gasteiger partial charge in [-0.1, -0.05) is 12.2 Å². The van der Waals surface area contributed by atoms with Crippen molar-refractivity contribution in [2.24, 2.45) is 0 Å². The van der Waals surface area contributed by atoms with Crippen LogP contribution in [0.15, 0.2) is 18.5 Å². The molecule has 1 heterocycles. The first-order valence-corrected chi connectivity index (χ1v) is 3.16. The fourth-order valence-electron chi connectivity index (χ4n) is 0.699. The molecule has 0 aliphatic heterocycles. The highest BCUT2D eigenvalue weighted by atomic mass is 15.3. The molecule has 0 spiro atoms. The molecule has 0 amide bonds. The number of hydrogen-bond donors (Lipinski definition) is 0. The van der Waals surface area contributed by atoms with Crippen molar-refractivity contribution in [3.8, 4) is 6.07 Å². The zero-order valence-electron chi connectivity index (χ0n) is 6.28. The molecule has 0 atom stereocenters. The van der Waals surface area contributed by atoms with Crippen LogP contribution in [0.25, 0.3) is 0 Å². The van der Waals surface area contributed by atoms with Crippen LogP contribution in [0.5, 0.6) is 0 Å². The second-order valence-corrected chi connectivity index (χ2v) is 2.33. The van der Waals surface area contributed by atoms with E-state index in [2.05, 4.69) is 16.7 Å². The van der Waals surface area contributed by atoms with Crippen LogP contribution in [-0.2, 0) is 6.54 Å². The Morgan fingerprint density at radius 2 is 2.64 bits per heavy atom. The van der Waals surface area contributed by atoms with Crippen molar-refractivity contribution < 1.29 is 0 Å². The van der Waals surface area contributed by atoms with E-state index < -0.39 is 0 Å². The SMILES string of the molecule is C=C(C)Cn1cnc(C#N)n1. The van der Waals surface area contributed by atoms with E-state index in [1.165, 1.54) is 6.33 Å². The van der Waals surface area contributed by atoms with Crippen LogP contribution in [0, 0.1) is 11.3 Å². The zero-order chi connectivity index (χ0) is 8.27. The third kappa shape index (κ3) is 1.90. The summed E-state index contributed by atoms with van der Waals surface area (Å²) in [5.74, 6) is 0.200.